The number of ether oxygens (including phenoxy) is 1. The molecule has 0 spiro atoms. The number of benzene rings is 1. The van der Waals surface area contributed by atoms with E-state index in [4.69, 9.17) is 4.74 Å². The predicted molar refractivity (Wildman–Crippen MR) is 94.2 cm³/mol. The number of nitrogens with one attached hydrogen (secondary N) is 3. The number of morpholine rings is 1. The molecule has 1 aliphatic heterocycles. The third kappa shape index (κ3) is 4.47. The quantitative estimate of drug-likeness (QED) is 0.781. The summed E-state index contributed by atoms with van der Waals surface area (Å²) in [6.45, 7) is 4.93. The van der Waals surface area contributed by atoms with Gasteiger partial charge in [0, 0.05) is 42.1 Å². The molecule has 1 fully saturated rings. The fourth-order valence-corrected chi connectivity index (χ4v) is 3.03. The standard InChI is InChI=1S/C17H23N3O2.ClH/c1-12-14(15-4-2-3-5-16(15)20-12)6-7-19-17(21)10-13-11-22-9-8-18-13;/h2-5,13,18,20H,6-11H2,1H3,(H,19,21);1H. The number of para-hydroxylation sites is 1. The van der Waals surface area contributed by atoms with E-state index >= 15 is 0 Å². The Morgan fingerprint density at radius 3 is 3.00 bits per heavy atom. The normalized spacial score (nSPS) is 17.7. The lowest BCUT2D eigenvalue weighted by Gasteiger charge is -2.23. The Morgan fingerprint density at radius 2 is 2.22 bits per heavy atom. The largest absolute Gasteiger partial charge is 0.378 e. The number of aryl methyl sites for hydroxylation is 1. The fraction of sp³-hybridized carbons (Fsp3) is 0.471. The van der Waals surface area contributed by atoms with Crippen LogP contribution in [0.4, 0.5) is 0 Å². The van der Waals surface area contributed by atoms with Gasteiger partial charge in [0.2, 0.25) is 5.91 Å². The number of hydrogen-bond acceptors (Lipinski definition) is 3. The molecule has 6 heteroatoms. The van der Waals surface area contributed by atoms with E-state index in [1.165, 1.54) is 16.6 Å². The van der Waals surface area contributed by atoms with E-state index in [0.717, 1.165) is 25.1 Å². The van der Waals surface area contributed by atoms with Crippen LogP contribution in [0.5, 0.6) is 0 Å². The molecule has 3 N–H and O–H groups in total. The van der Waals surface area contributed by atoms with Crippen molar-refractivity contribution in [3.05, 3.63) is 35.5 Å². The van der Waals surface area contributed by atoms with Crippen LogP contribution in [-0.2, 0) is 16.0 Å². The maximum Gasteiger partial charge on any atom is 0.221 e. The third-order valence-electron chi connectivity index (χ3n) is 4.15. The maximum atomic E-state index is 12.0. The van der Waals surface area contributed by atoms with Crippen molar-refractivity contribution in [2.45, 2.75) is 25.8 Å². The van der Waals surface area contributed by atoms with Crippen molar-refractivity contribution in [2.75, 3.05) is 26.3 Å². The topological polar surface area (TPSA) is 66.2 Å². The molecule has 2 aromatic rings. The van der Waals surface area contributed by atoms with E-state index in [-0.39, 0.29) is 24.4 Å². The van der Waals surface area contributed by atoms with Gasteiger partial charge >= 0.3 is 0 Å². The molecule has 0 bridgehead atoms. The lowest BCUT2D eigenvalue weighted by molar-refractivity contribution is -0.122. The highest BCUT2D eigenvalue weighted by Gasteiger charge is 2.16. The van der Waals surface area contributed by atoms with Gasteiger partial charge in [0.25, 0.3) is 0 Å². The van der Waals surface area contributed by atoms with Crippen LogP contribution in [0.2, 0.25) is 0 Å². The van der Waals surface area contributed by atoms with Crippen LogP contribution in [0.1, 0.15) is 17.7 Å². The highest BCUT2D eigenvalue weighted by molar-refractivity contribution is 5.85. The number of carbonyl (C=O) groups excluding carboxylic acids is 1. The number of carbonyl (C=O) groups is 1. The van der Waals surface area contributed by atoms with Gasteiger partial charge in [-0.3, -0.25) is 4.79 Å². The third-order valence-corrected chi connectivity index (χ3v) is 4.15. The van der Waals surface area contributed by atoms with Gasteiger partial charge < -0.3 is 20.4 Å². The van der Waals surface area contributed by atoms with Crippen molar-refractivity contribution >= 4 is 29.2 Å². The smallest absolute Gasteiger partial charge is 0.221 e. The van der Waals surface area contributed by atoms with E-state index in [1.54, 1.807) is 0 Å². The molecule has 5 nitrogen and oxygen atoms in total. The lowest BCUT2D eigenvalue weighted by Crippen LogP contribution is -2.44. The van der Waals surface area contributed by atoms with Crippen molar-refractivity contribution in [3.63, 3.8) is 0 Å². The van der Waals surface area contributed by atoms with Gasteiger partial charge in [0.05, 0.1) is 13.2 Å². The van der Waals surface area contributed by atoms with Crippen molar-refractivity contribution in [1.29, 1.82) is 0 Å². The molecule has 0 aliphatic carbocycles. The molecule has 1 aromatic heterocycles. The summed E-state index contributed by atoms with van der Waals surface area (Å²) in [6, 6.07) is 8.43. The number of halogens is 1. The van der Waals surface area contributed by atoms with Crippen molar-refractivity contribution in [2.24, 2.45) is 0 Å². The fourth-order valence-electron chi connectivity index (χ4n) is 3.03. The van der Waals surface area contributed by atoms with Gasteiger partial charge in [0.15, 0.2) is 0 Å². The van der Waals surface area contributed by atoms with Crippen molar-refractivity contribution in [1.82, 2.24) is 15.6 Å². The van der Waals surface area contributed by atoms with E-state index in [0.29, 0.717) is 19.6 Å². The lowest BCUT2D eigenvalue weighted by atomic mass is 10.1. The van der Waals surface area contributed by atoms with Gasteiger partial charge in [-0.2, -0.15) is 0 Å². The minimum atomic E-state index is 0. The highest BCUT2D eigenvalue weighted by atomic mass is 35.5. The van der Waals surface area contributed by atoms with Crippen LogP contribution in [0, 0.1) is 6.92 Å². The first kappa shape index (κ1) is 17.8. The highest BCUT2D eigenvalue weighted by Crippen LogP contribution is 2.21. The van der Waals surface area contributed by atoms with Crippen molar-refractivity contribution in [3.8, 4) is 0 Å². The van der Waals surface area contributed by atoms with Crippen LogP contribution >= 0.6 is 12.4 Å². The number of rotatable bonds is 5. The van der Waals surface area contributed by atoms with Gasteiger partial charge in [-0.1, -0.05) is 18.2 Å². The van der Waals surface area contributed by atoms with Crippen LogP contribution in [-0.4, -0.2) is 43.2 Å². The zero-order valence-electron chi connectivity index (χ0n) is 13.4. The molecule has 23 heavy (non-hydrogen) atoms. The Labute approximate surface area is 142 Å². The molecule has 1 amide bonds. The zero-order valence-corrected chi connectivity index (χ0v) is 14.2. The van der Waals surface area contributed by atoms with E-state index in [2.05, 4.69) is 34.7 Å². The van der Waals surface area contributed by atoms with E-state index in [9.17, 15) is 4.79 Å². The van der Waals surface area contributed by atoms with E-state index in [1.807, 2.05) is 12.1 Å². The van der Waals surface area contributed by atoms with Gasteiger partial charge in [-0.05, 0) is 25.0 Å². The summed E-state index contributed by atoms with van der Waals surface area (Å²) < 4.78 is 5.36. The second kappa shape index (κ2) is 8.34. The summed E-state index contributed by atoms with van der Waals surface area (Å²) in [5.41, 5.74) is 3.62. The molecule has 1 aromatic carbocycles. The van der Waals surface area contributed by atoms with Crippen LogP contribution in [0.3, 0.4) is 0 Å². The number of hydrogen-bond donors (Lipinski definition) is 3. The van der Waals surface area contributed by atoms with Crippen LogP contribution in [0.25, 0.3) is 10.9 Å². The Morgan fingerprint density at radius 1 is 1.39 bits per heavy atom. The first-order valence-corrected chi connectivity index (χ1v) is 7.88. The summed E-state index contributed by atoms with van der Waals surface area (Å²) >= 11 is 0. The Hall–Kier alpha value is -1.56. The van der Waals surface area contributed by atoms with Crippen LogP contribution in [0.15, 0.2) is 24.3 Å². The zero-order chi connectivity index (χ0) is 15.4. The average Bonchev–Trinajstić information content (AvgIpc) is 2.84. The molecule has 126 valence electrons. The average molecular weight is 338 g/mol. The summed E-state index contributed by atoms with van der Waals surface area (Å²) in [7, 11) is 0. The number of amides is 1. The first-order chi connectivity index (χ1) is 10.7. The second-order valence-corrected chi connectivity index (χ2v) is 5.80. The number of aromatic amines is 1. The number of aromatic nitrogens is 1. The molecule has 0 saturated carbocycles. The minimum Gasteiger partial charge on any atom is -0.378 e. The molecule has 2 heterocycles. The number of H-pyrrole nitrogens is 1. The molecule has 1 aliphatic rings. The predicted octanol–water partition coefficient (Wildman–Crippen LogP) is 1.94. The maximum absolute atomic E-state index is 12.0. The molecule has 1 atom stereocenters. The molecule has 0 radical (unpaired) electrons. The summed E-state index contributed by atoms with van der Waals surface area (Å²) in [4.78, 5) is 15.4. The van der Waals surface area contributed by atoms with Crippen molar-refractivity contribution < 1.29 is 9.53 Å². The molecular weight excluding hydrogens is 314 g/mol. The molecule has 1 saturated heterocycles. The Kier molecular flexibility index (Phi) is 6.45. The SMILES string of the molecule is Cc1[nH]c2ccccc2c1CCNC(=O)CC1COCCN1.Cl. The Balaban J connectivity index is 0.00000192. The van der Waals surface area contributed by atoms with Gasteiger partial charge in [-0.15, -0.1) is 12.4 Å². The van der Waals surface area contributed by atoms with Gasteiger partial charge in [0.1, 0.15) is 0 Å². The minimum absolute atomic E-state index is 0. The molecular formula is C17H24ClN3O2. The van der Waals surface area contributed by atoms with Gasteiger partial charge in [-0.25, -0.2) is 0 Å². The second-order valence-electron chi connectivity index (χ2n) is 5.80. The summed E-state index contributed by atoms with van der Waals surface area (Å²) in [5.74, 6) is 0.0838. The Bertz CT molecular complexity index is 650. The van der Waals surface area contributed by atoms with E-state index < -0.39 is 0 Å². The number of fused-ring (bicyclic) bond motifs is 1. The molecule has 1 unspecified atom stereocenters. The summed E-state index contributed by atoms with van der Waals surface area (Å²) in [6.07, 6.45) is 1.32. The first-order valence-electron chi connectivity index (χ1n) is 7.88. The van der Waals surface area contributed by atoms with Crippen LogP contribution < -0.4 is 10.6 Å². The summed E-state index contributed by atoms with van der Waals surface area (Å²) in [5, 5.41) is 7.56. The monoisotopic (exact) mass is 337 g/mol. The molecule has 3 rings (SSSR count).